The molecule has 0 amide bonds. The molecule has 22 heteroatoms. The van der Waals surface area contributed by atoms with Crippen molar-refractivity contribution < 1.29 is 41.1 Å². The van der Waals surface area contributed by atoms with E-state index in [-0.39, 0.29) is 42.4 Å². The Morgan fingerprint density at radius 2 is 2.02 bits per heavy atom. The maximum absolute atomic E-state index is 15.9. The summed E-state index contributed by atoms with van der Waals surface area (Å²) in [6.07, 6.45) is -3.70. The molecule has 2 bridgehead atoms. The van der Waals surface area contributed by atoms with Gasteiger partial charge in [0.25, 0.3) is 5.56 Å². The third kappa shape index (κ3) is 6.26. The van der Waals surface area contributed by atoms with Gasteiger partial charge in [-0.25, -0.2) is 33.5 Å². The van der Waals surface area contributed by atoms with Gasteiger partial charge in [-0.15, -0.1) is 0 Å². The highest BCUT2D eigenvalue weighted by molar-refractivity contribution is 8.44. The largest absolute Gasteiger partial charge is 0.387 e. The van der Waals surface area contributed by atoms with Crippen molar-refractivity contribution in [3.05, 3.63) is 40.6 Å². The first-order valence-electron chi connectivity index (χ1n) is 12.6. The van der Waals surface area contributed by atoms with Crippen LogP contribution in [0, 0.1) is 0 Å². The summed E-state index contributed by atoms with van der Waals surface area (Å²) in [4.78, 5) is 31.9. The number of nitrogens with two attached hydrogens (primary N) is 1. The van der Waals surface area contributed by atoms with Crippen LogP contribution in [-0.4, -0.2) is 72.8 Å². The van der Waals surface area contributed by atoms with Crippen LogP contribution in [-0.2, 0) is 56.5 Å². The predicted octanol–water partition coefficient (Wildman–Crippen LogP) is 2.55. The van der Waals surface area contributed by atoms with Gasteiger partial charge in [-0.05, 0) is 0 Å². The lowest BCUT2D eigenvalue weighted by Gasteiger charge is -2.24. The Bertz CT molecular complexity index is 1840. The first-order valence-corrected chi connectivity index (χ1v) is 18.0. The second kappa shape index (κ2) is 11.8. The number of ether oxygens (including phenoxy) is 2. The van der Waals surface area contributed by atoms with E-state index in [9.17, 15) is 13.9 Å². The van der Waals surface area contributed by atoms with E-state index in [0.717, 1.165) is 0 Å². The van der Waals surface area contributed by atoms with Crippen molar-refractivity contribution in [2.24, 2.45) is 0 Å². The molecule has 17 nitrogen and oxygen atoms in total. The lowest BCUT2D eigenvalue weighted by Crippen LogP contribution is -2.31. The van der Waals surface area contributed by atoms with E-state index in [1.807, 2.05) is 0 Å². The minimum absolute atomic E-state index is 0.0111. The van der Waals surface area contributed by atoms with E-state index in [4.69, 9.17) is 33.3 Å². The molecule has 0 radical (unpaired) electrons. The topological polar surface area (TPSA) is 210 Å². The molecule has 2 aliphatic rings. The molecule has 1 saturated heterocycles. The molecule has 6 heterocycles. The zero-order valence-corrected chi connectivity index (χ0v) is 25.8. The molecular formula is C21H25FN8O9P2S2. The zero-order chi connectivity index (χ0) is 30.5. The summed E-state index contributed by atoms with van der Waals surface area (Å²) in [6.45, 7) is -9.35. The van der Waals surface area contributed by atoms with Gasteiger partial charge < -0.3 is 29.3 Å². The first kappa shape index (κ1) is 30.6. The van der Waals surface area contributed by atoms with Crippen LogP contribution in [0.2, 0.25) is 0 Å². The van der Waals surface area contributed by atoms with Gasteiger partial charge in [-0.3, -0.25) is 22.9 Å². The number of thiol groups is 2. The number of methoxy groups -OCH3 is 1. The Morgan fingerprint density at radius 3 is 2.81 bits per heavy atom. The normalized spacial score (nSPS) is 30.7. The number of imidazole rings is 2. The maximum atomic E-state index is 15.9. The number of H-pyrrole nitrogens is 1. The average Bonchev–Trinajstić information content (AvgIpc) is 3.60. The third-order valence-corrected chi connectivity index (χ3v) is 9.88. The van der Waals surface area contributed by atoms with Crippen LogP contribution in [0.5, 0.6) is 0 Å². The third-order valence-electron chi connectivity index (χ3n) is 6.61. The fourth-order valence-electron chi connectivity index (χ4n) is 4.75. The zero-order valence-electron chi connectivity index (χ0n) is 22.2. The maximum Gasteiger partial charge on any atom is 0.387 e. The number of alkyl halides is 1. The van der Waals surface area contributed by atoms with E-state index in [1.54, 1.807) is 4.57 Å². The van der Waals surface area contributed by atoms with Crippen LogP contribution in [0.4, 0.5) is 10.2 Å². The molecular weight excluding hydrogens is 653 g/mol. The number of hydrogen-bond acceptors (Lipinski definition) is 14. The molecule has 232 valence electrons. The van der Waals surface area contributed by atoms with Crippen LogP contribution in [0.3, 0.4) is 0 Å². The molecule has 6 atom stereocenters. The van der Waals surface area contributed by atoms with Crippen LogP contribution in [0.25, 0.3) is 22.2 Å². The number of aromatic nitrogens is 7. The molecule has 3 N–H and O–H groups in total. The van der Waals surface area contributed by atoms with Gasteiger partial charge in [0, 0.05) is 19.7 Å². The quantitative estimate of drug-likeness (QED) is 0.181. The number of anilines is 1. The van der Waals surface area contributed by atoms with Crippen LogP contribution in [0.1, 0.15) is 17.9 Å². The Morgan fingerprint density at radius 1 is 1.21 bits per heavy atom. The molecule has 4 aromatic heterocycles. The van der Waals surface area contributed by atoms with Crippen molar-refractivity contribution >= 4 is 66.1 Å². The van der Waals surface area contributed by atoms with Gasteiger partial charge in [0.2, 0.25) is 0 Å². The number of nitrogen functional groups attached to an aromatic ring is 1. The highest BCUT2D eigenvalue weighted by Crippen LogP contribution is 2.58. The summed E-state index contributed by atoms with van der Waals surface area (Å²) in [7, 11) is 1.49. The number of halogens is 1. The van der Waals surface area contributed by atoms with E-state index in [0.29, 0.717) is 17.0 Å². The number of fused-ring (bicyclic) bond motifs is 6. The average molecular weight is 679 g/mol. The summed E-state index contributed by atoms with van der Waals surface area (Å²) < 4.78 is 78.1. The molecule has 0 saturated carbocycles. The predicted molar refractivity (Wildman–Crippen MR) is 154 cm³/mol. The molecule has 0 aliphatic carbocycles. The first-order chi connectivity index (χ1) is 20.4. The van der Waals surface area contributed by atoms with E-state index in [2.05, 4.69) is 49.4 Å². The fourth-order valence-corrected chi connectivity index (χ4v) is 7.29. The van der Waals surface area contributed by atoms with Crippen LogP contribution >= 0.6 is 38.1 Å². The van der Waals surface area contributed by atoms with Gasteiger partial charge in [0.15, 0.2) is 29.4 Å². The Labute approximate surface area is 252 Å². The molecule has 6 rings (SSSR count). The number of pyridine rings is 1. The van der Waals surface area contributed by atoms with Crippen molar-refractivity contribution in [3.63, 3.8) is 0 Å². The highest BCUT2D eigenvalue weighted by atomic mass is 32.7. The van der Waals surface area contributed by atoms with E-state index >= 15 is 4.39 Å². The van der Waals surface area contributed by atoms with Crippen molar-refractivity contribution in [1.82, 2.24) is 34.1 Å². The smallest absolute Gasteiger partial charge is 0.385 e. The van der Waals surface area contributed by atoms with Crippen LogP contribution < -0.4 is 11.3 Å². The summed E-state index contributed by atoms with van der Waals surface area (Å²) in [6, 6.07) is 1.39. The Hall–Kier alpha value is -2.38. The molecule has 2 aliphatic heterocycles. The summed E-state index contributed by atoms with van der Waals surface area (Å²) in [5, 5.41) is 0. The standard InChI is InChI=1S/C21H25FN8O9P2S2/c1-34-7-14-24-5-10-19(28-14)29-2-3-35-40(32,42)36-6-12-16(22)18(39-41(33,43)37-8-15(29)26-10)21(38-12)30-9-25-17-11(30)4-13(23)27-20(17)31/h4-5,9,12,16,18,21H,2-3,6-8H2,1H3,(H,32,42)(H,33,43)(H3,23,27,31)/t12-,16-,18-,21-,40?,41?/m1/s1. The summed E-state index contributed by atoms with van der Waals surface area (Å²) in [5.74, 6) is 0.599. The Balaban J connectivity index is 1.37. The lowest BCUT2D eigenvalue weighted by atomic mass is 10.1. The summed E-state index contributed by atoms with van der Waals surface area (Å²) in [5.41, 5.74) is 6.13. The second-order valence-electron chi connectivity index (χ2n) is 9.47. The van der Waals surface area contributed by atoms with Crippen molar-refractivity contribution in [1.29, 1.82) is 0 Å². The van der Waals surface area contributed by atoms with E-state index in [1.165, 1.54) is 30.3 Å². The van der Waals surface area contributed by atoms with Crippen molar-refractivity contribution in [2.75, 3.05) is 26.1 Å². The number of aromatic amines is 1. The van der Waals surface area contributed by atoms with Gasteiger partial charge in [0.1, 0.15) is 42.6 Å². The van der Waals surface area contributed by atoms with Gasteiger partial charge in [0.05, 0.1) is 31.3 Å². The molecule has 43 heavy (non-hydrogen) atoms. The van der Waals surface area contributed by atoms with Crippen molar-refractivity contribution in [2.45, 2.75) is 44.4 Å². The second-order valence-corrected chi connectivity index (χ2v) is 15.3. The van der Waals surface area contributed by atoms with Gasteiger partial charge in [-0.2, -0.15) is 0 Å². The van der Waals surface area contributed by atoms with E-state index < -0.39 is 57.0 Å². The number of nitrogens with one attached hydrogen (secondary N) is 1. The van der Waals surface area contributed by atoms with Crippen molar-refractivity contribution in [3.8, 4) is 0 Å². The minimum atomic E-state index is -4.32. The summed E-state index contributed by atoms with van der Waals surface area (Å²) >= 11 is 8.10. The number of rotatable bonds is 3. The monoisotopic (exact) mass is 678 g/mol. The minimum Gasteiger partial charge on any atom is -0.385 e. The number of nitrogens with zero attached hydrogens (tertiary/aromatic N) is 6. The molecule has 2 unspecified atom stereocenters. The number of hydrogen-bond donors (Lipinski definition) is 4. The fraction of sp³-hybridized carbons (Fsp3) is 0.476. The highest BCUT2D eigenvalue weighted by Gasteiger charge is 2.51. The van der Waals surface area contributed by atoms with Gasteiger partial charge in [-0.1, -0.05) is 24.5 Å². The molecule has 0 aromatic carbocycles. The van der Waals surface area contributed by atoms with Gasteiger partial charge >= 0.3 is 13.6 Å². The molecule has 1 fully saturated rings. The SMILES string of the molecule is COCc1ncc2nc3n(c2n1)CCOP(=O)(S)OC[C@H]1O[C@@H](n2cnc4c(=O)[nH]c(N)cc42)[C@H](OP(=O)(S)OC3)[C@@H]1F. The molecule has 0 spiro atoms. The van der Waals surface area contributed by atoms with Crippen LogP contribution in [0.15, 0.2) is 23.4 Å². The Kier molecular flexibility index (Phi) is 8.44. The lowest BCUT2D eigenvalue weighted by molar-refractivity contribution is -0.0441. The molecule has 4 aromatic rings.